The molecule has 0 aromatic carbocycles. The van der Waals surface area contributed by atoms with Crippen LogP contribution in [0.25, 0.3) is 0 Å². The van der Waals surface area contributed by atoms with E-state index in [2.05, 4.69) is 0 Å². The van der Waals surface area contributed by atoms with Gasteiger partial charge in [0.1, 0.15) is 0 Å². The van der Waals surface area contributed by atoms with Crippen molar-refractivity contribution in [1.29, 1.82) is 0 Å². The van der Waals surface area contributed by atoms with Crippen LogP contribution in [0.15, 0.2) is 0 Å². The molecule has 6 nitrogen and oxygen atoms in total. The van der Waals surface area contributed by atoms with E-state index in [-0.39, 0.29) is 26.4 Å². The van der Waals surface area contributed by atoms with Gasteiger partial charge in [-0.25, -0.2) is 9.59 Å². The lowest BCUT2D eigenvalue weighted by Crippen LogP contribution is -2.45. The van der Waals surface area contributed by atoms with Gasteiger partial charge < -0.3 is 18.9 Å². The quantitative estimate of drug-likeness (QED) is 0.539. The number of carbonyl (C=O) groups is 2. The van der Waals surface area contributed by atoms with E-state index in [9.17, 15) is 9.59 Å². The second-order valence-electron chi connectivity index (χ2n) is 4.09. The van der Waals surface area contributed by atoms with Gasteiger partial charge in [-0.15, -0.1) is 0 Å². The summed E-state index contributed by atoms with van der Waals surface area (Å²) in [6, 6.07) is 0. The van der Waals surface area contributed by atoms with Gasteiger partial charge in [0, 0.05) is 13.2 Å². The molecule has 2 unspecified atom stereocenters. The van der Waals surface area contributed by atoms with Crippen molar-refractivity contribution in [3.63, 3.8) is 0 Å². The van der Waals surface area contributed by atoms with E-state index in [1.165, 1.54) is 0 Å². The van der Waals surface area contributed by atoms with E-state index < -0.39 is 24.1 Å². The fourth-order valence-corrected chi connectivity index (χ4v) is 1.49. The second-order valence-corrected chi connectivity index (χ2v) is 4.09. The van der Waals surface area contributed by atoms with Crippen LogP contribution in [0.3, 0.4) is 0 Å². The van der Waals surface area contributed by atoms with Crippen LogP contribution in [-0.2, 0) is 28.5 Å². The van der Waals surface area contributed by atoms with Crippen LogP contribution < -0.4 is 0 Å². The third kappa shape index (κ3) is 6.86. The minimum absolute atomic E-state index is 0.274. The van der Waals surface area contributed by atoms with Crippen LogP contribution in [0.1, 0.15) is 40.5 Å². The first kappa shape index (κ1) is 18.9. The Labute approximate surface area is 120 Å². The first-order valence-electron chi connectivity index (χ1n) is 7.18. The summed E-state index contributed by atoms with van der Waals surface area (Å²) in [5, 5.41) is 0. The predicted octanol–water partition coefficient (Wildman–Crippen LogP) is 1.70. The van der Waals surface area contributed by atoms with Crippen molar-refractivity contribution in [3.05, 3.63) is 0 Å². The van der Waals surface area contributed by atoms with Gasteiger partial charge >= 0.3 is 11.9 Å². The molecule has 2 atom stereocenters. The number of hydrogen-bond donors (Lipinski definition) is 0. The van der Waals surface area contributed by atoms with Crippen LogP contribution in [0.5, 0.6) is 0 Å². The highest BCUT2D eigenvalue weighted by Crippen LogP contribution is 2.10. The van der Waals surface area contributed by atoms with Gasteiger partial charge in [-0.1, -0.05) is 13.8 Å². The van der Waals surface area contributed by atoms with Crippen LogP contribution in [0.2, 0.25) is 0 Å². The van der Waals surface area contributed by atoms with E-state index in [1.807, 2.05) is 13.8 Å². The molecule has 118 valence electrons. The van der Waals surface area contributed by atoms with E-state index in [4.69, 9.17) is 18.9 Å². The molecule has 6 heteroatoms. The predicted molar refractivity (Wildman–Crippen MR) is 73.3 cm³/mol. The van der Waals surface area contributed by atoms with Crippen molar-refractivity contribution < 1.29 is 28.5 Å². The summed E-state index contributed by atoms with van der Waals surface area (Å²) in [5.74, 6) is -1.19. The smallest absolute Gasteiger partial charge is 0.338 e. The molecule has 0 aliphatic carbocycles. The largest absolute Gasteiger partial charge is 0.464 e. The molecule has 0 radical (unpaired) electrons. The number of rotatable bonds is 11. The summed E-state index contributed by atoms with van der Waals surface area (Å²) in [6.07, 6.45) is -0.777. The van der Waals surface area contributed by atoms with Gasteiger partial charge in [-0.05, 0) is 26.7 Å². The zero-order chi connectivity index (χ0) is 15.4. The Kier molecular flexibility index (Phi) is 11.0. The normalized spacial score (nSPS) is 13.6. The van der Waals surface area contributed by atoms with Gasteiger partial charge in [0.15, 0.2) is 12.2 Å². The summed E-state index contributed by atoms with van der Waals surface area (Å²) < 4.78 is 20.7. The molecule has 0 aromatic rings. The van der Waals surface area contributed by atoms with Gasteiger partial charge in [-0.3, -0.25) is 0 Å². The molecule has 0 amide bonds. The van der Waals surface area contributed by atoms with Gasteiger partial charge in [0.05, 0.1) is 13.2 Å². The van der Waals surface area contributed by atoms with E-state index in [0.29, 0.717) is 12.8 Å². The third-order valence-corrected chi connectivity index (χ3v) is 2.33. The average Bonchev–Trinajstić information content (AvgIpc) is 2.45. The van der Waals surface area contributed by atoms with Crippen LogP contribution in [-0.4, -0.2) is 50.6 Å². The number of hydrogen-bond acceptors (Lipinski definition) is 6. The highest BCUT2D eigenvalue weighted by molar-refractivity contribution is 5.85. The van der Waals surface area contributed by atoms with Gasteiger partial charge in [-0.2, -0.15) is 0 Å². The summed E-state index contributed by atoms with van der Waals surface area (Å²) in [5.41, 5.74) is 0. The zero-order valence-electron chi connectivity index (χ0n) is 12.8. The molecule has 20 heavy (non-hydrogen) atoms. The van der Waals surface area contributed by atoms with E-state index in [1.54, 1.807) is 13.8 Å². The Morgan fingerprint density at radius 1 is 0.750 bits per heavy atom. The third-order valence-electron chi connectivity index (χ3n) is 2.33. The number of esters is 2. The Morgan fingerprint density at radius 3 is 1.35 bits per heavy atom. The van der Waals surface area contributed by atoms with Gasteiger partial charge in [0.2, 0.25) is 0 Å². The Morgan fingerprint density at radius 2 is 1.10 bits per heavy atom. The molecule has 0 aromatic heterocycles. The van der Waals surface area contributed by atoms with Crippen LogP contribution in [0, 0.1) is 0 Å². The maximum atomic E-state index is 12.0. The van der Waals surface area contributed by atoms with Crippen molar-refractivity contribution in [3.8, 4) is 0 Å². The van der Waals surface area contributed by atoms with Crippen molar-refractivity contribution in [2.24, 2.45) is 0 Å². The summed E-state index contributed by atoms with van der Waals surface area (Å²) in [6.45, 7) is 8.36. The Bertz CT molecular complexity index is 251. The Hall–Kier alpha value is -1.14. The SMILES string of the molecule is CCCOC(=O)C(OCC)C(OCC)C(=O)OCCC. The van der Waals surface area contributed by atoms with Crippen molar-refractivity contribution >= 4 is 11.9 Å². The van der Waals surface area contributed by atoms with Crippen molar-refractivity contribution in [1.82, 2.24) is 0 Å². The topological polar surface area (TPSA) is 71.1 Å². The highest BCUT2D eigenvalue weighted by Gasteiger charge is 2.37. The maximum Gasteiger partial charge on any atom is 0.338 e. The first-order valence-corrected chi connectivity index (χ1v) is 7.18. The zero-order valence-corrected chi connectivity index (χ0v) is 12.8. The second kappa shape index (κ2) is 11.7. The minimum atomic E-state index is -1.09. The lowest BCUT2D eigenvalue weighted by atomic mass is 10.2. The van der Waals surface area contributed by atoms with Crippen molar-refractivity contribution in [2.75, 3.05) is 26.4 Å². The molecule has 0 N–H and O–H groups in total. The van der Waals surface area contributed by atoms with E-state index in [0.717, 1.165) is 0 Å². The first-order chi connectivity index (χ1) is 9.62. The maximum absolute atomic E-state index is 12.0. The molecular weight excluding hydrogens is 264 g/mol. The number of ether oxygens (including phenoxy) is 4. The summed E-state index contributed by atoms with van der Waals surface area (Å²) in [4.78, 5) is 23.9. The van der Waals surface area contributed by atoms with Gasteiger partial charge in [0.25, 0.3) is 0 Å². The lowest BCUT2D eigenvalue weighted by Gasteiger charge is -2.23. The van der Waals surface area contributed by atoms with E-state index >= 15 is 0 Å². The highest BCUT2D eigenvalue weighted by atomic mass is 16.6. The molecule has 0 rings (SSSR count). The minimum Gasteiger partial charge on any atom is -0.464 e. The summed E-state index contributed by atoms with van der Waals surface area (Å²) in [7, 11) is 0. The molecule has 0 aliphatic heterocycles. The van der Waals surface area contributed by atoms with Crippen LogP contribution >= 0.6 is 0 Å². The van der Waals surface area contributed by atoms with Crippen molar-refractivity contribution in [2.45, 2.75) is 52.7 Å². The lowest BCUT2D eigenvalue weighted by molar-refractivity contribution is -0.182. The standard InChI is InChI=1S/C14H26O6/c1-5-9-19-13(15)11(17-7-3)12(18-8-4)14(16)20-10-6-2/h11-12H,5-10H2,1-4H3. The number of carbonyl (C=O) groups excluding carboxylic acids is 2. The average molecular weight is 290 g/mol. The summed E-state index contributed by atoms with van der Waals surface area (Å²) >= 11 is 0. The fourth-order valence-electron chi connectivity index (χ4n) is 1.49. The molecule has 0 saturated heterocycles. The molecular formula is C14H26O6. The van der Waals surface area contributed by atoms with Crippen LogP contribution in [0.4, 0.5) is 0 Å². The fraction of sp³-hybridized carbons (Fsp3) is 0.857. The Balaban J connectivity index is 4.82. The molecule has 0 bridgehead atoms. The molecule has 0 aliphatic rings. The molecule has 0 fully saturated rings. The molecule has 0 heterocycles. The molecule has 0 spiro atoms. The molecule has 0 saturated carbocycles. The monoisotopic (exact) mass is 290 g/mol.